The van der Waals surface area contributed by atoms with Crippen LogP contribution in [0.5, 0.6) is 5.75 Å². The average Bonchev–Trinajstić information content (AvgIpc) is 3.10. The zero-order valence-corrected chi connectivity index (χ0v) is 18.3. The normalized spacial score (nSPS) is 12.3. The summed E-state index contributed by atoms with van der Waals surface area (Å²) < 4.78 is 9.68. The third-order valence-electron chi connectivity index (χ3n) is 5.04. The smallest absolute Gasteiger partial charge is 0.332 e. The minimum Gasteiger partial charge on any atom is -0.489 e. The molecule has 3 rings (SSSR count). The van der Waals surface area contributed by atoms with Crippen molar-refractivity contribution >= 4 is 28.7 Å². The van der Waals surface area contributed by atoms with E-state index in [2.05, 4.69) is 4.98 Å². The van der Waals surface area contributed by atoms with E-state index in [1.807, 2.05) is 18.7 Å². The molecular formula is C20H26ClN5O4. The van der Waals surface area contributed by atoms with E-state index in [0.29, 0.717) is 29.8 Å². The van der Waals surface area contributed by atoms with Gasteiger partial charge in [0.25, 0.3) is 5.56 Å². The highest BCUT2D eigenvalue weighted by Crippen LogP contribution is 2.24. The molecule has 30 heavy (non-hydrogen) atoms. The topological polar surface area (TPSA) is 94.5 Å². The summed E-state index contributed by atoms with van der Waals surface area (Å²) in [4.78, 5) is 31.7. The molecule has 0 saturated heterocycles. The van der Waals surface area contributed by atoms with Gasteiger partial charge in [-0.1, -0.05) is 23.7 Å². The van der Waals surface area contributed by atoms with Crippen LogP contribution in [0, 0.1) is 0 Å². The molecule has 162 valence electrons. The summed E-state index contributed by atoms with van der Waals surface area (Å²) in [6.45, 7) is 5.30. The molecule has 0 radical (unpaired) electrons. The van der Waals surface area contributed by atoms with Gasteiger partial charge in [0.05, 0.1) is 11.6 Å². The molecule has 0 spiro atoms. The highest BCUT2D eigenvalue weighted by Gasteiger charge is 2.23. The molecule has 0 unspecified atom stereocenters. The number of benzene rings is 1. The molecule has 1 atom stereocenters. The summed E-state index contributed by atoms with van der Waals surface area (Å²) >= 11 is 6.10. The second-order valence-corrected chi connectivity index (χ2v) is 7.38. The number of hydrogen-bond donors (Lipinski definition) is 1. The zero-order valence-electron chi connectivity index (χ0n) is 17.5. The first kappa shape index (κ1) is 21.9. The molecule has 9 nitrogen and oxygen atoms in total. The van der Waals surface area contributed by atoms with Gasteiger partial charge in [-0.15, -0.1) is 0 Å². The van der Waals surface area contributed by atoms with E-state index in [0.717, 1.165) is 4.57 Å². The maximum atomic E-state index is 12.9. The number of aliphatic hydroxyl groups is 1. The zero-order chi connectivity index (χ0) is 22.0. The molecule has 0 aliphatic heterocycles. The Kier molecular flexibility index (Phi) is 6.52. The molecular weight excluding hydrogens is 410 g/mol. The Morgan fingerprint density at radius 2 is 1.83 bits per heavy atom. The number of rotatable bonds is 8. The summed E-state index contributed by atoms with van der Waals surface area (Å²) in [6.07, 6.45) is -0.935. The molecule has 0 bridgehead atoms. The van der Waals surface area contributed by atoms with Gasteiger partial charge in [-0.05, 0) is 26.0 Å². The number of fused-ring (bicyclic) bond motifs is 1. The minimum absolute atomic E-state index is 0.0207. The van der Waals surface area contributed by atoms with Gasteiger partial charge in [0.15, 0.2) is 11.2 Å². The van der Waals surface area contributed by atoms with Crippen LogP contribution in [-0.2, 0) is 20.6 Å². The van der Waals surface area contributed by atoms with Crippen LogP contribution in [0.3, 0.4) is 0 Å². The number of aryl methyl sites for hydroxylation is 1. The Morgan fingerprint density at radius 1 is 1.17 bits per heavy atom. The average molecular weight is 436 g/mol. The third-order valence-corrected chi connectivity index (χ3v) is 5.35. The lowest BCUT2D eigenvalue weighted by Gasteiger charge is -2.22. The third kappa shape index (κ3) is 3.95. The van der Waals surface area contributed by atoms with Gasteiger partial charge in [-0.2, -0.15) is 4.98 Å². The second-order valence-electron chi connectivity index (χ2n) is 6.97. The van der Waals surface area contributed by atoms with E-state index in [4.69, 9.17) is 16.3 Å². The number of aromatic nitrogens is 4. The van der Waals surface area contributed by atoms with Crippen molar-refractivity contribution in [3.63, 3.8) is 0 Å². The van der Waals surface area contributed by atoms with Gasteiger partial charge in [0.1, 0.15) is 18.5 Å². The highest BCUT2D eigenvalue weighted by molar-refractivity contribution is 6.32. The second kappa shape index (κ2) is 8.93. The molecule has 2 heterocycles. The quantitative estimate of drug-likeness (QED) is 0.574. The molecule has 1 N–H and O–H groups in total. The molecule has 1 aromatic carbocycles. The molecule has 0 aliphatic carbocycles. The SMILES string of the molecule is CCN(CC)c1nc2c(c(=O)n(C)c(=O)n2C)n1C[C@@H](O)COc1ccccc1Cl. The molecule has 0 saturated carbocycles. The molecule has 2 aromatic heterocycles. The van der Waals surface area contributed by atoms with Crippen LogP contribution in [0.25, 0.3) is 11.2 Å². The molecule has 3 aromatic rings. The van der Waals surface area contributed by atoms with Crippen LogP contribution < -0.4 is 20.9 Å². The van der Waals surface area contributed by atoms with Crippen LogP contribution >= 0.6 is 11.6 Å². The van der Waals surface area contributed by atoms with Crippen LogP contribution in [0.4, 0.5) is 5.95 Å². The maximum Gasteiger partial charge on any atom is 0.332 e. The summed E-state index contributed by atoms with van der Waals surface area (Å²) in [5.74, 6) is 0.987. The maximum absolute atomic E-state index is 12.9. The van der Waals surface area contributed by atoms with Gasteiger partial charge in [-0.3, -0.25) is 13.9 Å². The Bertz CT molecular complexity index is 1160. The van der Waals surface area contributed by atoms with Crippen molar-refractivity contribution in [2.75, 3.05) is 24.6 Å². The van der Waals surface area contributed by atoms with E-state index in [-0.39, 0.29) is 24.3 Å². The lowest BCUT2D eigenvalue weighted by atomic mass is 10.3. The fourth-order valence-electron chi connectivity index (χ4n) is 3.37. The largest absolute Gasteiger partial charge is 0.489 e. The number of anilines is 1. The van der Waals surface area contributed by atoms with E-state index >= 15 is 0 Å². The lowest BCUT2D eigenvalue weighted by molar-refractivity contribution is 0.0937. The summed E-state index contributed by atoms with van der Waals surface area (Å²) in [5, 5.41) is 11.1. The van der Waals surface area contributed by atoms with Gasteiger partial charge >= 0.3 is 5.69 Å². The van der Waals surface area contributed by atoms with Crippen LogP contribution in [0.1, 0.15) is 13.8 Å². The number of halogens is 1. The summed E-state index contributed by atoms with van der Waals surface area (Å²) in [7, 11) is 3.00. The van der Waals surface area contributed by atoms with Gasteiger partial charge in [0.2, 0.25) is 5.95 Å². The Morgan fingerprint density at radius 3 is 2.47 bits per heavy atom. The number of ether oxygens (including phenoxy) is 1. The number of imidazole rings is 1. The summed E-state index contributed by atoms with van der Waals surface area (Å²) in [5.41, 5.74) is -0.369. The van der Waals surface area contributed by atoms with Crippen molar-refractivity contribution in [2.45, 2.75) is 26.5 Å². The first-order chi connectivity index (χ1) is 14.3. The predicted molar refractivity (Wildman–Crippen MR) is 117 cm³/mol. The fraction of sp³-hybridized carbons (Fsp3) is 0.450. The monoisotopic (exact) mass is 435 g/mol. The van der Waals surface area contributed by atoms with Gasteiger partial charge < -0.3 is 19.3 Å². The van der Waals surface area contributed by atoms with Crippen molar-refractivity contribution in [1.82, 2.24) is 18.7 Å². The molecule has 10 heteroatoms. The van der Waals surface area contributed by atoms with E-state index < -0.39 is 17.4 Å². The van der Waals surface area contributed by atoms with Crippen molar-refractivity contribution in [3.8, 4) is 5.75 Å². The predicted octanol–water partition coefficient (Wildman–Crippen LogP) is 1.37. The van der Waals surface area contributed by atoms with Gasteiger partial charge in [-0.25, -0.2) is 4.79 Å². The first-order valence-corrected chi connectivity index (χ1v) is 10.1. The van der Waals surface area contributed by atoms with E-state index in [9.17, 15) is 14.7 Å². The van der Waals surface area contributed by atoms with Crippen molar-refractivity contribution in [1.29, 1.82) is 0 Å². The fourth-order valence-corrected chi connectivity index (χ4v) is 3.56. The molecule has 0 amide bonds. The van der Waals surface area contributed by atoms with Crippen molar-refractivity contribution in [2.24, 2.45) is 14.1 Å². The number of aliphatic hydroxyl groups excluding tert-OH is 1. The van der Waals surface area contributed by atoms with Crippen LogP contribution in [0.15, 0.2) is 33.9 Å². The van der Waals surface area contributed by atoms with Crippen LogP contribution in [-0.4, -0.2) is 49.6 Å². The molecule has 0 aliphatic rings. The number of para-hydroxylation sites is 1. The summed E-state index contributed by atoms with van der Waals surface area (Å²) in [6, 6.07) is 7.00. The van der Waals surface area contributed by atoms with E-state index in [1.165, 1.54) is 11.6 Å². The van der Waals surface area contributed by atoms with Crippen molar-refractivity contribution in [3.05, 3.63) is 50.1 Å². The lowest BCUT2D eigenvalue weighted by Crippen LogP contribution is -2.38. The standard InChI is InChI=1S/C20H26ClN5O4/c1-5-25(6-2)19-22-17-16(18(28)24(4)20(29)23(17)3)26(19)11-13(27)12-30-15-10-8-7-9-14(15)21/h7-10,13,27H,5-6,11-12H2,1-4H3/t13-/m1/s1. The Labute approximate surface area is 178 Å². The minimum atomic E-state index is -0.935. The van der Waals surface area contributed by atoms with Crippen LogP contribution in [0.2, 0.25) is 5.02 Å². The Hall–Kier alpha value is -2.78. The Balaban J connectivity index is 2.02. The highest BCUT2D eigenvalue weighted by atomic mass is 35.5. The van der Waals surface area contributed by atoms with E-state index in [1.54, 1.807) is 35.9 Å². The van der Waals surface area contributed by atoms with Crippen molar-refractivity contribution < 1.29 is 9.84 Å². The molecule has 0 fully saturated rings. The van der Waals surface area contributed by atoms with Gasteiger partial charge in [0, 0.05) is 27.2 Å². The number of nitrogens with zero attached hydrogens (tertiary/aromatic N) is 5. The number of hydrogen-bond acceptors (Lipinski definition) is 6. The first-order valence-electron chi connectivity index (χ1n) is 9.76.